The van der Waals surface area contributed by atoms with Gasteiger partial charge in [-0.1, -0.05) is 51.1 Å². The van der Waals surface area contributed by atoms with E-state index in [0.29, 0.717) is 43.4 Å². The molecule has 2 saturated heterocycles. The molecule has 16 nitrogen and oxygen atoms in total. The molecule has 6 atom stereocenters. The molecule has 4 aliphatic heterocycles. The smallest absolute Gasteiger partial charge is 0.407 e. The van der Waals surface area contributed by atoms with E-state index in [0.717, 1.165) is 69.1 Å². The van der Waals surface area contributed by atoms with E-state index in [2.05, 4.69) is 39.7 Å². The fourth-order valence-corrected chi connectivity index (χ4v) is 9.60. The number of carbonyl (C=O) groups excluding carboxylic acids is 4. The van der Waals surface area contributed by atoms with Crippen molar-refractivity contribution in [3.05, 3.63) is 95.3 Å². The van der Waals surface area contributed by atoms with Gasteiger partial charge in [-0.05, 0) is 67.9 Å². The number of aromatic amines is 2. The van der Waals surface area contributed by atoms with Crippen molar-refractivity contribution in [3.63, 3.8) is 0 Å². The lowest BCUT2D eigenvalue weighted by atomic mass is 9.87. The Labute approximate surface area is 365 Å². The number of aromatic nitrogens is 4. The Kier molecular flexibility index (Phi) is 11.1. The normalized spacial score (nSPS) is 20.6. The van der Waals surface area contributed by atoms with Crippen LogP contribution in [0.15, 0.2) is 67.0 Å². The van der Waals surface area contributed by atoms with Crippen molar-refractivity contribution in [3.8, 4) is 45.1 Å². The first-order chi connectivity index (χ1) is 30.4. The second-order valence-electron chi connectivity index (χ2n) is 17.3. The van der Waals surface area contributed by atoms with Crippen molar-refractivity contribution in [1.82, 2.24) is 40.4 Å². The van der Waals surface area contributed by atoms with E-state index >= 15 is 0 Å². The van der Waals surface area contributed by atoms with Crippen LogP contribution in [0.1, 0.15) is 93.4 Å². The molecule has 9 rings (SSSR count). The van der Waals surface area contributed by atoms with Crippen LogP contribution in [0.25, 0.3) is 33.6 Å². The highest BCUT2D eigenvalue weighted by molar-refractivity contribution is 5.90. The van der Waals surface area contributed by atoms with Crippen molar-refractivity contribution < 1.29 is 38.1 Å². The SMILES string of the molecule is COC(=O)NC(C(=O)N1CC(C)CC1c1ncc(-c2cc3c4c(c2)OCc2cc(-c5cnc(C6CCC(C)N6C(=O)C(NC(=O)OC)C(C)C)[nH]5)cc(c2-4)OC3)[nH]1)c1ccccc1. The van der Waals surface area contributed by atoms with Gasteiger partial charge in [0, 0.05) is 46.0 Å². The highest BCUT2D eigenvalue weighted by Crippen LogP contribution is 2.51. The fourth-order valence-electron chi connectivity index (χ4n) is 9.60. The van der Waals surface area contributed by atoms with Crippen LogP contribution in [-0.4, -0.2) is 86.6 Å². The second-order valence-corrected chi connectivity index (χ2v) is 17.3. The minimum Gasteiger partial charge on any atom is -0.488 e. The van der Waals surface area contributed by atoms with Gasteiger partial charge < -0.3 is 49.3 Å². The molecule has 16 heteroatoms. The number of nitrogens with zero attached hydrogens (tertiary/aromatic N) is 4. The number of hydrogen-bond acceptors (Lipinski definition) is 10. The number of ether oxygens (including phenoxy) is 4. The average Bonchev–Trinajstić information content (AvgIpc) is 4.13. The van der Waals surface area contributed by atoms with Crippen molar-refractivity contribution in [2.24, 2.45) is 11.8 Å². The number of nitrogens with one attached hydrogen (secondary N) is 4. The number of amides is 4. The maximum atomic E-state index is 14.2. The number of carbonyl (C=O) groups is 4. The number of likely N-dealkylation sites (tertiary alicyclic amines) is 2. The van der Waals surface area contributed by atoms with Gasteiger partial charge in [0.1, 0.15) is 48.4 Å². The molecular weight excluding hydrogens is 805 g/mol. The molecule has 0 saturated carbocycles. The number of methoxy groups -OCH3 is 2. The lowest BCUT2D eigenvalue weighted by Crippen LogP contribution is -2.52. The summed E-state index contributed by atoms with van der Waals surface area (Å²) in [7, 11) is 2.57. The topological polar surface area (TPSA) is 193 Å². The molecule has 5 aromatic rings. The quantitative estimate of drug-likeness (QED) is 0.110. The molecule has 2 aromatic heterocycles. The van der Waals surface area contributed by atoms with Gasteiger partial charge in [0.15, 0.2) is 0 Å². The third-order valence-corrected chi connectivity index (χ3v) is 12.8. The molecule has 63 heavy (non-hydrogen) atoms. The third kappa shape index (κ3) is 7.71. The molecule has 328 valence electrons. The molecular formula is C47H52N8O8. The van der Waals surface area contributed by atoms with Gasteiger partial charge >= 0.3 is 12.2 Å². The van der Waals surface area contributed by atoms with E-state index < -0.39 is 24.3 Å². The van der Waals surface area contributed by atoms with E-state index in [1.165, 1.54) is 14.2 Å². The zero-order valence-corrected chi connectivity index (χ0v) is 36.2. The van der Waals surface area contributed by atoms with E-state index in [1.54, 1.807) is 17.3 Å². The van der Waals surface area contributed by atoms with Crippen LogP contribution in [0.3, 0.4) is 0 Å². The van der Waals surface area contributed by atoms with Crippen molar-refractivity contribution in [2.75, 3.05) is 20.8 Å². The van der Waals surface area contributed by atoms with Crippen LogP contribution in [-0.2, 0) is 32.3 Å². The van der Waals surface area contributed by atoms with Gasteiger partial charge in [0.25, 0.3) is 5.91 Å². The van der Waals surface area contributed by atoms with Gasteiger partial charge in [-0.25, -0.2) is 19.6 Å². The highest BCUT2D eigenvalue weighted by atomic mass is 16.5. The van der Waals surface area contributed by atoms with E-state index in [-0.39, 0.29) is 41.8 Å². The first-order valence-electron chi connectivity index (χ1n) is 21.5. The third-order valence-electron chi connectivity index (χ3n) is 12.8. The first-order valence-corrected chi connectivity index (χ1v) is 21.5. The van der Waals surface area contributed by atoms with Gasteiger partial charge in [-0.2, -0.15) is 0 Å². The van der Waals surface area contributed by atoms with Gasteiger partial charge in [-0.3, -0.25) is 9.59 Å². The molecule has 6 heterocycles. The van der Waals surface area contributed by atoms with Crippen LogP contribution in [0.5, 0.6) is 11.5 Å². The summed E-state index contributed by atoms with van der Waals surface area (Å²) in [5.41, 5.74) is 7.98. The van der Waals surface area contributed by atoms with Gasteiger partial charge in [0.05, 0.1) is 50.1 Å². The maximum Gasteiger partial charge on any atom is 0.407 e. The van der Waals surface area contributed by atoms with Crippen molar-refractivity contribution in [1.29, 1.82) is 0 Å². The summed E-state index contributed by atoms with van der Waals surface area (Å²) in [6, 6.07) is 15.1. The van der Waals surface area contributed by atoms with Crippen LogP contribution in [0, 0.1) is 11.8 Å². The summed E-state index contributed by atoms with van der Waals surface area (Å²) < 4.78 is 22.6. The van der Waals surface area contributed by atoms with Crippen molar-refractivity contribution >= 4 is 24.0 Å². The molecule has 0 radical (unpaired) electrons. The molecule has 4 aliphatic rings. The fraction of sp³-hybridized carbons (Fsp3) is 0.404. The Morgan fingerprint density at radius 2 is 1.33 bits per heavy atom. The Morgan fingerprint density at radius 3 is 1.90 bits per heavy atom. The Morgan fingerprint density at radius 1 is 0.762 bits per heavy atom. The number of H-pyrrole nitrogens is 2. The van der Waals surface area contributed by atoms with Crippen LogP contribution in [0.4, 0.5) is 9.59 Å². The summed E-state index contributed by atoms with van der Waals surface area (Å²) in [6.07, 6.45) is 4.51. The molecule has 4 N–H and O–H groups in total. The van der Waals surface area contributed by atoms with Crippen molar-refractivity contribution in [2.45, 2.75) is 90.4 Å². The number of rotatable bonds is 10. The van der Waals surface area contributed by atoms with E-state index in [9.17, 15) is 19.2 Å². The van der Waals surface area contributed by atoms with Gasteiger partial charge in [0.2, 0.25) is 5.91 Å². The van der Waals surface area contributed by atoms with Gasteiger partial charge in [-0.15, -0.1) is 0 Å². The number of hydrogen-bond donors (Lipinski definition) is 4. The number of imidazole rings is 2. The minimum atomic E-state index is -0.918. The predicted molar refractivity (Wildman–Crippen MR) is 231 cm³/mol. The van der Waals surface area contributed by atoms with Crippen LogP contribution < -0.4 is 20.1 Å². The molecule has 0 bridgehead atoms. The lowest BCUT2D eigenvalue weighted by Gasteiger charge is -2.33. The zero-order chi connectivity index (χ0) is 44.1. The molecule has 0 spiro atoms. The standard InChI is InChI=1S/C47H52N8O8/c1-24(2)40(52-46(58)60-5)45(57)55-26(4)12-13-34(55)42-48-19-32(50-42)28-15-30-22-63-37-18-29(16-31-23-62-36(17-28)38(30)39(31)37)33-20-49-43(51-33)35-14-25(3)21-54(35)44(56)41(53-47(59)61-6)27-10-8-7-9-11-27/h7-11,15-20,24-26,34-35,40-41H,12-14,21-23H2,1-6H3,(H,48,50)(H,49,51)(H,52,58)(H,53,59). The first kappa shape index (κ1) is 41.5. The van der Waals surface area contributed by atoms with E-state index in [4.69, 9.17) is 28.9 Å². The number of benzene rings is 3. The van der Waals surface area contributed by atoms with E-state index in [1.807, 2.05) is 68.1 Å². The molecule has 3 aromatic carbocycles. The minimum absolute atomic E-state index is 0.0331. The number of alkyl carbamates (subject to hydrolysis) is 2. The Hall–Kier alpha value is -6.84. The summed E-state index contributed by atoms with van der Waals surface area (Å²) in [6.45, 7) is 9.10. The predicted octanol–water partition coefficient (Wildman–Crippen LogP) is 7.36. The molecule has 4 amide bonds. The average molecular weight is 857 g/mol. The Balaban J connectivity index is 0.954. The molecule has 6 unspecified atom stereocenters. The molecule has 2 fully saturated rings. The summed E-state index contributed by atoms with van der Waals surface area (Å²) in [5.74, 6) is 2.52. The summed E-state index contributed by atoms with van der Waals surface area (Å²) in [4.78, 5) is 72.8. The lowest BCUT2D eigenvalue weighted by molar-refractivity contribution is -0.137. The largest absolute Gasteiger partial charge is 0.488 e. The Bertz CT molecular complexity index is 2520. The highest BCUT2D eigenvalue weighted by Gasteiger charge is 2.42. The second kappa shape index (κ2) is 16.8. The van der Waals surface area contributed by atoms with Crippen LogP contribution in [0.2, 0.25) is 0 Å². The molecule has 0 aliphatic carbocycles. The maximum absolute atomic E-state index is 14.2. The monoisotopic (exact) mass is 856 g/mol. The summed E-state index contributed by atoms with van der Waals surface area (Å²) in [5, 5.41) is 5.46. The zero-order valence-electron chi connectivity index (χ0n) is 36.2. The summed E-state index contributed by atoms with van der Waals surface area (Å²) >= 11 is 0. The van der Waals surface area contributed by atoms with Crippen LogP contribution >= 0.6 is 0 Å².